The van der Waals surface area contributed by atoms with Crippen LogP contribution in [0.3, 0.4) is 0 Å². The molecule has 0 unspecified atom stereocenters. The molecule has 0 radical (unpaired) electrons. The second-order valence-electron chi connectivity index (χ2n) is 10.5. The number of carbonyl (C=O) groups is 3. The normalized spacial score (nSPS) is 14.8. The molecular weight excluding hydrogens is 440 g/mol. The Morgan fingerprint density at radius 3 is 0.824 bits per heavy atom. The Morgan fingerprint density at radius 1 is 0.471 bits per heavy atom. The summed E-state index contributed by atoms with van der Waals surface area (Å²) in [6, 6.07) is 0. The summed E-state index contributed by atoms with van der Waals surface area (Å²) in [4.78, 5) is 30.7. The molecule has 0 aliphatic carbocycles. The van der Waals surface area contributed by atoms with Crippen LogP contribution in [0.5, 0.6) is 0 Å². The fourth-order valence-corrected chi connectivity index (χ4v) is 2.20. The number of nitrogens with one attached hydrogen (secondary N) is 4. The minimum atomic E-state index is -0.328. The SMILES string of the molecule is C1CNCCNNCCN1.CC(=O)OC(C)(C)C.CC(=O)OC(C)(C)C.CC(=O)OC(C)(C)C. The smallest absolute Gasteiger partial charge is 0.303 e. The highest BCUT2D eigenvalue weighted by atomic mass is 16.6. The van der Waals surface area contributed by atoms with Gasteiger partial charge in [-0.3, -0.25) is 25.2 Å². The molecule has 1 aliphatic rings. The van der Waals surface area contributed by atoms with Gasteiger partial charge in [-0.15, -0.1) is 0 Å². The van der Waals surface area contributed by atoms with Crippen LogP contribution in [0.4, 0.5) is 0 Å². The highest BCUT2D eigenvalue weighted by Crippen LogP contribution is 2.06. The van der Waals surface area contributed by atoms with Crippen LogP contribution in [-0.2, 0) is 28.6 Å². The molecule has 1 saturated heterocycles. The first-order valence-electron chi connectivity index (χ1n) is 11.7. The molecule has 1 aliphatic heterocycles. The van der Waals surface area contributed by atoms with E-state index in [4.69, 9.17) is 14.2 Å². The van der Waals surface area contributed by atoms with Crippen molar-refractivity contribution in [1.29, 1.82) is 0 Å². The lowest BCUT2D eigenvalue weighted by Crippen LogP contribution is -2.44. The summed E-state index contributed by atoms with van der Waals surface area (Å²) in [7, 11) is 0. The van der Waals surface area contributed by atoms with Crippen molar-refractivity contribution in [1.82, 2.24) is 21.5 Å². The molecule has 1 rings (SSSR count). The van der Waals surface area contributed by atoms with Crippen LogP contribution < -0.4 is 21.5 Å². The summed E-state index contributed by atoms with van der Waals surface area (Å²) < 4.78 is 14.4. The zero-order chi connectivity index (χ0) is 27.4. The van der Waals surface area contributed by atoms with Gasteiger partial charge in [0.05, 0.1) is 0 Å². The lowest BCUT2D eigenvalue weighted by molar-refractivity contribution is -0.153. The quantitative estimate of drug-likeness (QED) is 0.295. The van der Waals surface area contributed by atoms with Gasteiger partial charge in [-0.2, -0.15) is 0 Å². The number of esters is 3. The molecule has 0 saturated carbocycles. The minimum Gasteiger partial charge on any atom is -0.460 e. The number of rotatable bonds is 0. The largest absolute Gasteiger partial charge is 0.460 e. The second kappa shape index (κ2) is 19.5. The van der Waals surface area contributed by atoms with E-state index in [2.05, 4.69) is 21.5 Å². The van der Waals surface area contributed by atoms with Gasteiger partial charge >= 0.3 is 17.9 Å². The van der Waals surface area contributed by atoms with Crippen LogP contribution in [-0.4, -0.2) is 74.0 Å². The molecule has 4 N–H and O–H groups in total. The summed E-state index contributed by atoms with van der Waals surface area (Å²) in [6.07, 6.45) is 0. The lowest BCUT2D eigenvalue weighted by atomic mass is 10.2. The summed E-state index contributed by atoms with van der Waals surface area (Å²) >= 11 is 0. The maximum Gasteiger partial charge on any atom is 0.303 e. The third-order valence-corrected chi connectivity index (χ3v) is 2.81. The first-order valence-corrected chi connectivity index (χ1v) is 11.7. The van der Waals surface area contributed by atoms with Crippen LogP contribution in [0.2, 0.25) is 0 Å². The Labute approximate surface area is 207 Å². The Kier molecular flexibility index (Phi) is 21.2. The second-order valence-corrected chi connectivity index (χ2v) is 10.5. The zero-order valence-corrected chi connectivity index (χ0v) is 23.7. The number of carbonyl (C=O) groups excluding carboxylic acids is 3. The van der Waals surface area contributed by atoms with Crippen molar-refractivity contribution in [2.24, 2.45) is 0 Å². The van der Waals surface area contributed by atoms with Crippen LogP contribution in [0, 0.1) is 0 Å². The van der Waals surface area contributed by atoms with Crippen LogP contribution in [0.15, 0.2) is 0 Å². The van der Waals surface area contributed by atoms with Gasteiger partial charge in [0.25, 0.3) is 0 Å². The van der Waals surface area contributed by atoms with E-state index in [1.54, 1.807) is 0 Å². The summed E-state index contributed by atoms with van der Waals surface area (Å²) in [5.74, 6) is -0.674. The summed E-state index contributed by atoms with van der Waals surface area (Å²) in [5, 5.41) is 6.58. The number of hydrazine groups is 1. The molecule has 0 aromatic carbocycles. The van der Waals surface area contributed by atoms with Gasteiger partial charge in [0.15, 0.2) is 0 Å². The third kappa shape index (κ3) is 47.9. The van der Waals surface area contributed by atoms with Gasteiger partial charge in [0.2, 0.25) is 0 Å². The fourth-order valence-electron chi connectivity index (χ4n) is 2.20. The lowest BCUT2D eigenvalue weighted by Gasteiger charge is -2.17. The van der Waals surface area contributed by atoms with E-state index in [1.165, 1.54) is 20.8 Å². The van der Waals surface area contributed by atoms with Gasteiger partial charge in [-0.05, 0) is 62.3 Å². The predicted octanol–water partition coefficient (Wildman–Crippen LogP) is 2.32. The average molecular weight is 493 g/mol. The molecule has 0 bridgehead atoms. The van der Waals surface area contributed by atoms with Crippen molar-refractivity contribution in [2.45, 2.75) is 99.9 Å². The molecule has 204 valence electrons. The third-order valence-electron chi connectivity index (χ3n) is 2.81. The Hall–Kier alpha value is -1.75. The first-order chi connectivity index (χ1) is 15.2. The van der Waals surface area contributed by atoms with E-state index in [1.807, 2.05) is 62.3 Å². The molecular formula is C24H52N4O6. The number of ether oxygens (including phenoxy) is 3. The molecule has 10 heteroatoms. The van der Waals surface area contributed by atoms with Gasteiger partial charge in [0, 0.05) is 60.0 Å². The monoisotopic (exact) mass is 492 g/mol. The van der Waals surface area contributed by atoms with Gasteiger partial charge in [-0.25, -0.2) is 0 Å². The molecule has 0 aromatic rings. The van der Waals surface area contributed by atoms with E-state index in [-0.39, 0.29) is 34.7 Å². The molecule has 1 heterocycles. The predicted molar refractivity (Wildman–Crippen MR) is 136 cm³/mol. The molecule has 0 spiro atoms. The minimum absolute atomic E-state index is 0.225. The maximum atomic E-state index is 10.2. The molecule has 0 aromatic heterocycles. The van der Waals surface area contributed by atoms with E-state index in [0.29, 0.717) is 0 Å². The van der Waals surface area contributed by atoms with E-state index in [0.717, 1.165) is 39.3 Å². The zero-order valence-electron chi connectivity index (χ0n) is 23.7. The van der Waals surface area contributed by atoms with Gasteiger partial charge in [-0.1, -0.05) is 0 Å². The van der Waals surface area contributed by atoms with Crippen LogP contribution >= 0.6 is 0 Å². The Bertz CT molecular complexity index is 454. The van der Waals surface area contributed by atoms with E-state index >= 15 is 0 Å². The Balaban J connectivity index is -0.000000380. The van der Waals surface area contributed by atoms with Crippen molar-refractivity contribution in [3.63, 3.8) is 0 Å². The number of hydrogen-bond acceptors (Lipinski definition) is 10. The van der Waals surface area contributed by atoms with Crippen molar-refractivity contribution in [2.75, 3.05) is 39.3 Å². The molecule has 0 atom stereocenters. The van der Waals surface area contributed by atoms with Crippen molar-refractivity contribution < 1.29 is 28.6 Å². The van der Waals surface area contributed by atoms with Crippen molar-refractivity contribution in [3.05, 3.63) is 0 Å². The van der Waals surface area contributed by atoms with Crippen LogP contribution in [0.25, 0.3) is 0 Å². The number of hydrogen-bond donors (Lipinski definition) is 4. The van der Waals surface area contributed by atoms with E-state index < -0.39 is 0 Å². The summed E-state index contributed by atoms with van der Waals surface area (Å²) in [5.41, 5.74) is 5.22. The molecule has 10 nitrogen and oxygen atoms in total. The summed E-state index contributed by atoms with van der Waals surface area (Å²) in [6.45, 7) is 27.0. The van der Waals surface area contributed by atoms with E-state index in [9.17, 15) is 14.4 Å². The molecule has 34 heavy (non-hydrogen) atoms. The highest BCUT2D eigenvalue weighted by molar-refractivity contribution is 5.67. The van der Waals surface area contributed by atoms with Crippen molar-refractivity contribution in [3.8, 4) is 0 Å². The highest BCUT2D eigenvalue weighted by Gasteiger charge is 2.13. The Morgan fingerprint density at radius 2 is 0.676 bits per heavy atom. The molecule has 1 fully saturated rings. The topological polar surface area (TPSA) is 127 Å². The maximum absolute atomic E-state index is 10.2. The standard InChI is InChI=1S/C6H16N4.3C6H12O2/c1-2-8-4-6-10-9-5-3-7-1;3*1-5(7)8-6(2,3)4/h7-10H,1-6H2;3*1-4H3. The van der Waals surface area contributed by atoms with Crippen molar-refractivity contribution >= 4 is 17.9 Å². The molecule has 0 amide bonds. The van der Waals surface area contributed by atoms with Gasteiger partial charge < -0.3 is 24.8 Å². The van der Waals surface area contributed by atoms with Crippen LogP contribution in [0.1, 0.15) is 83.1 Å². The van der Waals surface area contributed by atoms with Gasteiger partial charge in [0.1, 0.15) is 16.8 Å². The fraction of sp³-hybridized carbons (Fsp3) is 0.875. The first kappa shape index (κ1) is 36.8. The average Bonchev–Trinajstić information content (AvgIpc) is 2.55.